The predicted molar refractivity (Wildman–Crippen MR) is 66.1 cm³/mol. The highest BCUT2D eigenvalue weighted by molar-refractivity contribution is 9.10. The molecule has 2 heteroatoms. The van der Waals surface area contributed by atoms with Crippen molar-refractivity contribution in [3.05, 3.63) is 33.8 Å². The summed E-state index contributed by atoms with van der Waals surface area (Å²) in [7, 11) is 0. The van der Waals surface area contributed by atoms with Gasteiger partial charge < -0.3 is 5.11 Å². The van der Waals surface area contributed by atoms with E-state index in [-0.39, 0.29) is 12.0 Å². The Morgan fingerprint density at radius 3 is 2.87 bits per heavy atom. The van der Waals surface area contributed by atoms with Gasteiger partial charge in [0.2, 0.25) is 0 Å². The van der Waals surface area contributed by atoms with Crippen LogP contribution in [0.1, 0.15) is 37.3 Å². The first kappa shape index (κ1) is 11.2. The van der Waals surface area contributed by atoms with Gasteiger partial charge in [-0.3, -0.25) is 0 Å². The van der Waals surface area contributed by atoms with E-state index in [2.05, 4.69) is 48.0 Å². The topological polar surface area (TPSA) is 20.2 Å². The van der Waals surface area contributed by atoms with Gasteiger partial charge in [-0.15, -0.1) is 0 Å². The molecule has 1 unspecified atom stereocenters. The summed E-state index contributed by atoms with van der Waals surface area (Å²) in [5.74, 6) is 0.495. The Kier molecular flexibility index (Phi) is 2.91. The summed E-state index contributed by atoms with van der Waals surface area (Å²) in [4.78, 5) is 0. The molecule has 0 bridgehead atoms. The maximum Gasteiger partial charge on any atom is 0.0487 e. The Bertz CT molecular complexity index is 371. The molecule has 1 aliphatic rings. The molecule has 1 aromatic rings. The van der Waals surface area contributed by atoms with Gasteiger partial charge in [0.1, 0.15) is 0 Å². The van der Waals surface area contributed by atoms with E-state index in [1.165, 1.54) is 15.6 Å². The minimum absolute atomic E-state index is 0.00789. The van der Waals surface area contributed by atoms with E-state index in [4.69, 9.17) is 0 Å². The molecule has 0 spiro atoms. The Morgan fingerprint density at radius 2 is 2.20 bits per heavy atom. The number of aliphatic hydroxyl groups is 1. The van der Waals surface area contributed by atoms with Crippen LogP contribution in [0, 0.1) is 5.41 Å². The molecular formula is C13H17BrO. The van der Waals surface area contributed by atoms with Crippen LogP contribution in [0.5, 0.6) is 0 Å². The number of hydrogen-bond acceptors (Lipinski definition) is 1. The average Bonchev–Trinajstić information content (AvgIpc) is 2.63. The van der Waals surface area contributed by atoms with Gasteiger partial charge in [0.25, 0.3) is 0 Å². The molecule has 0 aromatic heterocycles. The molecule has 0 saturated heterocycles. The first-order chi connectivity index (χ1) is 7.06. The van der Waals surface area contributed by atoms with Crippen LogP contribution in [-0.2, 0) is 6.42 Å². The van der Waals surface area contributed by atoms with Gasteiger partial charge >= 0.3 is 0 Å². The van der Waals surface area contributed by atoms with Crippen LogP contribution in [0.15, 0.2) is 22.7 Å². The second-order valence-electron chi connectivity index (χ2n) is 5.05. The fraction of sp³-hybridized carbons (Fsp3) is 0.538. The fourth-order valence-electron chi connectivity index (χ4n) is 2.53. The Labute approximate surface area is 99.6 Å². The maximum atomic E-state index is 9.44. The lowest BCUT2D eigenvalue weighted by Crippen LogP contribution is -2.24. The van der Waals surface area contributed by atoms with Gasteiger partial charge in [-0.2, -0.15) is 0 Å². The van der Waals surface area contributed by atoms with Crippen molar-refractivity contribution in [2.75, 3.05) is 6.61 Å². The van der Waals surface area contributed by atoms with Gasteiger partial charge in [-0.05, 0) is 41.4 Å². The lowest BCUT2D eigenvalue weighted by Gasteiger charge is -2.30. The first-order valence-electron chi connectivity index (χ1n) is 5.44. The van der Waals surface area contributed by atoms with Gasteiger partial charge in [0.05, 0.1) is 0 Å². The van der Waals surface area contributed by atoms with Crippen LogP contribution in [-0.4, -0.2) is 11.7 Å². The third kappa shape index (κ3) is 1.85. The number of hydrogen-bond donors (Lipinski definition) is 1. The number of rotatable bonds is 2. The van der Waals surface area contributed by atoms with E-state index in [0.717, 1.165) is 12.8 Å². The van der Waals surface area contributed by atoms with E-state index in [1.807, 2.05) is 0 Å². The smallest absolute Gasteiger partial charge is 0.0487 e. The molecule has 0 heterocycles. The molecule has 1 N–H and O–H groups in total. The molecule has 1 nitrogen and oxygen atoms in total. The van der Waals surface area contributed by atoms with Crippen molar-refractivity contribution in [3.63, 3.8) is 0 Å². The first-order valence-corrected chi connectivity index (χ1v) is 6.23. The predicted octanol–water partition coefficient (Wildman–Crippen LogP) is 3.50. The highest BCUT2D eigenvalue weighted by atomic mass is 79.9. The molecular weight excluding hydrogens is 252 g/mol. The summed E-state index contributed by atoms with van der Waals surface area (Å²) in [6.07, 6.45) is 2.29. The number of fused-ring (bicyclic) bond motifs is 1. The van der Waals surface area contributed by atoms with Crippen molar-refractivity contribution in [1.29, 1.82) is 0 Å². The summed E-state index contributed by atoms with van der Waals surface area (Å²) < 4.78 is 1.22. The average molecular weight is 269 g/mol. The van der Waals surface area contributed by atoms with Crippen LogP contribution in [0.25, 0.3) is 0 Å². The molecule has 15 heavy (non-hydrogen) atoms. The summed E-state index contributed by atoms with van der Waals surface area (Å²) >= 11 is 3.60. The van der Waals surface area contributed by atoms with Gasteiger partial charge in [0.15, 0.2) is 0 Å². The summed E-state index contributed by atoms with van der Waals surface area (Å²) in [5, 5.41) is 9.44. The zero-order valence-electron chi connectivity index (χ0n) is 9.26. The van der Waals surface area contributed by atoms with Crippen LogP contribution in [0.4, 0.5) is 0 Å². The molecule has 1 aliphatic carbocycles. The van der Waals surface area contributed by atoms with Crippen molar-refractivity contribution in [3.8, 4) is 0 Å². The van der Waals surface area contributed by atoms with Gasteiger partial charge in [-0.1, -0.05) is 41.9 Å². The fourth-order valence-corrected chi connectivity index (χ4v) is 3.11. The second-order valence-corrected chi connectivity index (χ2v) is 5.90. The zero-order valence-corrected chi connectivity index (χ0v) is 10.8. The van der Waals surface area contributed by atoms with E-state index in [9.17, 15) is 5.11 Å². The monoisotopic (exact) mass is 268 g/mol. The summed E-state index contributed by atoms with van der Waals surface area (Å²) in [5.41, 5.74) is 2.85. The van der Waals surface area contributed by atoms with E-state index < -0.39 is 0 Å². The third-order valence-electron chi connectivity index (χ3n) is 3.56. The largest absolute Gasteiger partial charge is 0.396 e. The van der Waals surface area contributed by atoms with Crippen molar-refractivity contribution < 1.29 is 5.11 Å². The summed E-state index contributed by atoms with van der Waals surface area (Å²) in [6.45, 7) is 4.55. The normalized spacial score (nSPS) is 20.4. The molecule has 0 saturated carbocycles. The SMILES string of the molecule is CC(C)(CO)C1CCc2c(Br)cccc21. The standard InChI is InChI=1S/C13H17BrO/c1-13(2,8-15)11-7-6-10-9(11)4-3-5-12(10)14/h3-5,11,15H,6-8H2,1-2H3. The van der Waals surface area contributed by atoms with Gasteiger partial charge in [0, 0.05) is 11.1 Å². The highest BCUT2D eigenvalue weighted by Crippen LogP contribution is 2.46. The minimum Gasteiger partial charge on any atom is -0.396 e. The van der Waals surface area contributed by atoms with Crippen molar-refractivity contribution in [2.45, 2.75) is 32.6 Å². The molecule has 2 rings (SSSR count). The number of aliphatic hydroxyl groups excluding tert-OH is 1. The minimum atomic E-state index is -0.00789. The Morgan fingerprint density at radius 1 is 1.47 bits per heavy atom. The van der Waals surface area contributed by atoms with Crippen LogP contribution < -0.4 is 0 Å². The second kappa shape index (κ2) is 3.91. The van der Waals surface area contributed by atoms with Gasteiger partial charge in [-0.25, -0.2) is 0 Å². The highest BCUT2D eigenvalue weighted by Gasteiger charge is 2.35. The van der Waals surface area contributed by atoms with Crippen molar-refractivity contribution in [2.24, 2.45) is 5.41 Å². The Balaban J connectivity index is 2.41. The van der Waals surface area contributed by atoms with E-state index in [1.54, 1.807) is 0 Å². The Hall–Kier alpha value is -0.340. The maximum absolute atomic E-state index is 9.44. The van der Waals surface area contributed by atoms with Crippen LogP contribution >= 0.6 is 15.9 Å². The molecule has 1 atom stereocenters. The summed E-state index contributed by atoms with van der Waals surface area (Å²) in [6, 6.07) is 6.40. The van der Waals surface area contributed by atoms with Crippen LogP contribution in [0.2, 0.25) is 0 Å². The quantitative estimate of drug-likeness (QED) is 0.871. The number of halogens is 1. The van der Waals surface area contributed by atoms with Crippen molar-refractivity contribution in [1.82, 2.24) is 0 Å². The molecule has 0 radical (unpaired) electrons. The molecule has 0 aliphatic heterocycles. The third-order valence-corrected chi connectivity index (χ3v) is 4.31. The molecule has 82 valence electrons. The lowest BCUT2D eigenvalue weighted by molar-refractivity contribution is 0.130. The number of benzene rings is 1. The van der Waals surface area contributed by atoms with E-state index >= 15 is 0 Å². The molecule has 0 fully saturated rings. The zero-order chi connectivity index (χ0) is 11.1. The van der Waals surface area contributed by atoms with Crippen LogP contribution in [0.3, 0.4) is 0 Å². The van der Waals surface area contributed by atoms with Crippen molar-refractivity contribution >= 4 is 15.9 Å². The van der Waals surface area contributed by atoms with E-state index in [0.29, 0.717) is 5.92 Å². The lowest BCUT2D eigenvalue weighted by atomic mass is 9.76. The molecule has 1 aromatic carbocycles. The molecule has 0 amide bonds.